The number of benzene rings is 1. The highest BCUT2D eigenvalue weighted by Crippen LogP contribution is 2.61. The topological polar surface area (TPSA) is 75.0 Å². The Bertz CT molecular complexity index is 650. The van der Waals surface area contributed by atoms with Crippen molar-refractivity contribution in [2.45, 2.75) is 11.2 Å². The molecule has 3 atom stereocenters. The zero-order valence-corrected chi connectivity index (χ0v) is 11.1. The Morgan fingerprint density at radius 1 is 1.50 bits per heavy atom. The maximum atomic E-state index is 11.7. The summed E-state index contributed by atoms with van der Waals surface area (Å²) in [5.41, 5.74) is -0.871. The number of aldehydes is 1. The van der Waals surface area contributed by atoms with Crippen molar-refractivity contribution in [3.8, 4) is 6.07 Å². The molecule has 4 nitrogen and oxygen atoms in total. The van der Waals surface area contributed by atoms with Gasteiger partial charge in [-0.3, -0.25) is 0 Å². The predicted molar refractivity (Wildman–Crippen MR) is 66.9 cm³/mol. The summed E-state index contributed by atoms with van der Waals surface area (Å²) in [4.78, 5) is 11.1. The molecule has 3 unspecified atom stereocenters. The van der Waals surface area contributed by atoms with Crippen molar-refractivity contribution < 1.29 is 13.2 Å². The Balaban J connectivity index is 2.52. The molecule has 1 fully saturated rings. The summed E-state index contributed by atoms with van der Waals surface area (Å²) in [5.74, 6) is -0.631. The number of hydrogen-bond donors (Lipinski definition) is 0. The van der Waals surface area contributed by atoms with Crippen LogP contribution in [0.1, 0.15) is 11.5 Å². The molecule has 0 saturated heterocycles. The molecule has 94 valence electrons. The number of rotatable bonds is 3. The van der Waals surface area contributed by atoms with E-state index in [2.05, 4.69) is 0 Å². The van der Waals surface area contributed by atoms with E-state index in [0.717, 1.165) is 6.26 Å². The maximum absolute atomic E-state index is 11.7. The molecular formula is C12H10ClNO3S. The van der Waals surface area contributed by atoms with Crippen molar-refractivity contribution in [1.29, 1.82) is 5.26 Å². The van der Waals surface area contributed by atoms with Crippen LogP contribution < -0.4 is 0 Å². The van der Waals surface area contributed by atoms with Gasteiger partial charge >= 0.3 is 0 Å². The Kier molecular flexibility index (Phi) is 2.96. The summed E-state index contributed by atoms with van der Waals surface area (Å²) in [6.45, 7) is 0. The van der Waals surface area contributed by atoms with Crippen molar-refractivity contribution >= 4 is 27.7 Å². The smallest absolute Gasteiger partial charge is 0.153 e. The molecule has 0 heterocycles. The minimum Gasteiger partial charge on any atom is -0.302 e. The van der Waals surface area contributed by atoms with Gasteiger partial charge in [0.05, 0.1) is 11.3 Å². The van der Waals surface area contributed by atoms with Crippen LogP contribution in [0.2, 0.25) is 5.02 Å². The van der Waals surface area contributed by atoms with Crippen LogP contribution in [0.25, 0.3) is 0 Å². The number of halogens is 1. The van der Waals surface area contributed by atoms with Crippen molar-refractivity contribution in [3.05, 3.63) is 34.9 Å². The normalized spacial score (nSPS) is 30.5. The SMILES string of the molecule is CS(=O)(=O)C1C(c2cccc(Cl)c2)C1(C#N)C=O. The third-order valence-corrected chi connectivity index (χ3v) is 5.06. The first-order valence-corrected chi connectivity index (χ1v) is 7.52. The average molecular weight is 284 g/mol. The van der Waals surface area contributed by atoms with Gasteiger partial charge in [0.2, 0.25) is 0 Å². The van der Waals surface area contributed by atoms with Crippen LogP contribution in [0.3, 0.4) is 0 Å². The van der Waals surface area contributed by atoms with Crippen molar-refractivity contribution in [2.75, 3.05) is 6.26 Å². The van der Waals surface area contributed by atoms with Crippen molar-refractivity contribution in [3.63, 3.8) is 0 Å². The van der Waals surface area contributed by atoms with Gasteiger partial charge in [0.25, 0.3) is 0 Å². The second kappa shape index (κ2) is 4.08. The third kappa shape index (κ3) is 1.82. The zero-order chi connectivity index (χ0) is 13.6. The van der Waals surface area contributed by atoms with E-state index in [-0.39, 0.29) is 0 Å². The van der Waals surface area contributed by atoms with Gasteiger partial charge in [-0.15, -0.1) is 0 Å². The Labute approximate surface area is 110 Å². The molecule has 6 heteroatoms. The van der Waals surface area contributed by atoms with Crippen LogP contribution in [-0.2, 0) is 14.6 Å². The molecule has 1 aliphatic rings. The van der Waals surface area contributed by atoms with E-state index in [0.29, 0.717) is 16.9 Å². The van der Waals surface area contributed by atoms with Gasteiger partial charge in [0.15, 0.2) is 9.84 Å². The Morgan fingerprint density at radius 2 is 2.17 bits per heavy atom. The standard InChI is InChI=1S/C12H10ClNO3S/c1-18(16,17)11-10(12(11,6-14)7-15)8-3-2-4-9(13)5-8/h2-5,7,10-11H,1H3. The lowest BCUT2D eigenvalue weighted by Gasteiger charge is -2.00. The Hall–Kier alpha value is -1.38. The van der Waals surface area contributed by atoms with Crippen LogP contribution in [0.5, 0.6) is 0 Å². The summed E-state index contributed by atoms with van der Waals surface area (Å²) in [7, 11) is -3.47. The molecule has 1 aromatic rings. The number of hydrogen-bond acceptors (Lipinski definition) is 4. The minimum absolute atomic E-state index is 0.435. The summed E-state index contributed by atoms with van der Waals surface area (Å²) in [5, 5.41) is 8.58. The van der Waals surface area contributed by atoms with Crippen LogP contribution in [0.4, 0.5) is 0 Å². The maximum Gasteiger partial charge on any atom is 0.153 e. The van der Waals surface area contributed by atoms with E-state index in [9.17, 15) is 13.2 Å². The van der Waals surface area contributed by atoms with Gasteiger partial charge < -0.3 is 4.79 Å². The molecule has 1 aromatic carbocycles. The van der Waals surface area contributed by atoms with Gasteiger partial charge in [0, 0.05) is 17.2 Å². The molecule has 1 saturated carbocycles. The quantitative estimate of drug-likeness (QED) is 0.789. The summed E-state index contributed by atoms with van der Waals surface area (Å²) >= 11 is 5.84. The molecule has 18 heavy (non-hydrogen) atoms. The van der Waals surface area contributed by atoms with E-state index < -0.39 is 26.4 Å². The predicted octanol–water partition coefficient (Wildman–Crippen LogP) is 1.56. The molecule has 1 aliphatic carbocycles. The molecule has 0 radical (unpaired) electrons. The third-order valence-electron chi connectivity index (χ3n) is 3.24. The molecular weight excluding hydrogens is 274 g/mol. The second-order valence-electron chi connectivity index (χ2n) is 4.45. The first-order valence-electron chi connectivity index (χ1n) is 5.18. The highest BCUT2D eigenvalue weighted by Gasteiger charge is 2.71. The monoisotopic (exact) mass is 283 g/mol. The molecule has 0 amide bonds. The van der Waals surface area contributed by atoms with E-state index in [1.54, 1.807) is 24.3 Å². The molecule has 0 aliphatic heterocycles. The first kappa shape index (κ1) is 13.1. The highest BCUT2D eigenvalue weighted by molar-refractivity contribution is 7.91. The van der Waals surface area contributed by atoms with E-state index >= 15 is 0 Å². The van der Waals surface area contributed by atoms with Gasteiger partial charge in [-0.05, 0) is 17.7 Å². The molecule has 0 bridgehead atoms. The van der Waals surface area contributed by atoms with Crippen LogP contribution >= 0.6 is 11.6 Å². The van der Waals surface area contributed by atoms with Crippen LogP contribution in [0.15, 0.2) is 24.3 Å². The van der Waals surface area contributed by atoms with E-state index in [1.807, 2.05) is 6.07 Å². The number of nitrogens with zero attached hydrogens (tertiary/aromatic N) is 1. The van der Waals surface area contributed by atoms with E-state index in [1.165, 1.54) is 0 Å². The van der Waals surface area contributed by atoms with Crippen LogP contribution in [-0.4, -0.2) is 26.2 Å². The number of carbonyl (C=O) groups is 1. The fraction of sp³-hybridized carbons (Fsp3) is 0.333. The Morgan fingerprint density at radius 3 is 2.56 bits per heavy atom. The lowest BCUT2D eigenvalue weighted by Crippen LogP contribution is -2.14. The molecule has 0 aromatic heterocycles. The fourth-order valence-corrected chi connectivity index (χ4v) is 4.39. The van der Waals surface area contributed by atoms with Crippen molar-refractivity contribution in [1.82, 2.24) is 0 Å². The summed E-state index contributed by atoms with van der Waals surface area (Å²) in [6.07, 6.45) is 1.47. The van der Waals surface area contributed by atoms with Crippen molar-refractivity contribution in [2.24, 2.45) is 5.41 Å². The largest absolute Gasteiger partial charge is 0.302 e. The van der Waals surface area contributed by atoms with Gasteiger partial charge in [-0.1, -0.05) is 23.7 Å². The highest BCUT2D eigenvalue weighted by atomic mass is 35.5. The first-order chi connectivity index (χ1) is 8.36. The van der Waals surface area contributed by atoms with E-state index in [4.69, 9.17) is 16.9 Å². The van der Waals surface area contributed by atoms with Crippen LogP contribution in [0, 0.1) is 16.7 Å². The fourth-order valence-electron chi connectivity index (χ4n) is 2.43. The molecule has 2 rings (SSSR count). The second-order valence-corrected chi connectivity index (χ2v) is 7.05. The number of carbonyl (C=O) groups excluding carboxylic acids is 1. The number of nitriles is 1. The summed E-state index contributed by atoms with van der Waals surface area (Å²) in [6, 6.07) is 8.42. The number of sulfone groups is 1. The van der Waals surface area contributed by atoms with Gasteiger partial charge in [-0.2, -0.15) is 5.26 Å². The minimum atomic E-state index is -3.47. The van der Waals surface area contributed by atoms with Gasteiger partial charge in [0.1, 0.15) is 11.7 Å². The average Bonchev–Trinajstić information content (AvgIpc) is 2.98. The molecule has 0 spiro atoms. The van der Waals surface area contributed by atoms with Gasteiger partial charge in [-0.25, -0.2) is 8.42 Å². The molecule has 0 N–H and O–H groups in total. The zero-order valence-electron chi connectivity index (χ0n) is 9.50. The lowest BCUT2D eigenvalue weighted by atomic mass is 10.0. The lowest BCUT2D eigenvalue weighted by molar-refractivity contribution is -0.110. The summed E-state index contributed by atoms with van der Waals surface area (Å²) < 4.78 is 23.3.